The van der Waals surface area contributed by atoms with Gasteiger partial charge in [-0.25, -0.2) is 14.9 Å². The van der Waals surface area contributed by atoms with Crippen LogP contribution in [0.4, 0.5) is 5.95 Å². The molecule has 0 atom stereocenters. The fourth-order valence-electron chi connectivity index (χ4n) is 4.41. The quantitative estimate of drug-likeness (QED) is 0.189. The molecule has 2 N–H and O–H groups in total. The van der Waals surface area contributed by atoms with Crippen LogP contribution in [0, 0.1) is 5.41 Å². The summed E-state index contributed by atoms with van der Waals surface area (Å²) >= 11 is 0. The number of tetrazole rings is 1. The van der Waals surface area contributed by atoms with Gasteiger partial charge in [-0.15, -0.1) is 5.10 Å². The minimum atomic E-state index is -0.698. The van der Waals surface area contributed by atoms with Gasteiger partial charge in [-0.2, -0.15) is 0 Å². The largest absolute Gasteiger partial charge is 0.427 e. The number of hydrogen-bond donors (Lipinski definition) is 2. The molecule has 2 heterocycles. The molecule has 0 saturated heterocycles. The summed E-state index contributed by atoms with van der Waals surface area (Å²) in [6.45, 7) is 7.83. The summed E-state index contributed by atoms with van der Waals surface area (Å²) in [6, 6.07) is 21.4. The zero-order chi connectivity index (χ0) is 29.0. The molecule has 0 spiro atoms. The van der Waals surface area contributed by atoms with Gasteiger partial charge in [0.1, 0.15) is 0 Å². The Bertz CT molecular complexity index is 1670. The predicted molar refractivity (Wildman–Crippen MR) is 154 cm³/mol. The molecule has 41 heavy (non-hydrogen) atoms. The topological polar surface area (TPSA) is 137 Å². The lowest BCUT2D eigenvalue weighted by atomic mass is 9.98. The smallest absolute Gasteiger partial charge is 0.343 e. The van der Waals surface area contributed by atoms with Crippen LogP contribution < -0.4 is 5.32 Å². The first kappa shape index (κ1) is 27.5. The summed E-state index contributed by atoms with van der Waals surface area (Å²) in [4.78, 5) is 29.9. The number of carbonyl (C=O) groups is 2. The third-order valence-electron chi connectivity index (χ3n) is 6.45. The van der Waals surface area contributed by atoms with Crippen LogP contribution in [0.25, 0.3) is 33.5 Å². The molecule has 0 aliphatic heterocycles. The molecule has 0 aliphatic carbocycles. The molecule has 3 aromatic carbocycles. The fourth-order valence-corrected chi connectivity index (χ4v) is 4.41. The third kappa shape index (κ3) is 5.93. The van der Waals surface area contributed by atoms with Crippen LogP contribution in [0.15, 0.2) is 66.7 Å². The number of hydrogen-bond acceptors (Lipinski definition) is 9. The Kier molecular flexibility index (Phi) is 7.77. The molecule has 0 aliphatic rings. The first-order chi connectivity index (χ1) is 19.8. The Morgan fingerprint density at radius 1 is 0.951 bits per heavy atom. The highest BCUT2D eigenvalue weighted by atomic mass is 16.7. The van der Waals surface area contributed by atoms with Gasteiger partial charge in [0, 0.05) is 12.1 Å². The van der Waals surface area contributed by atoms with Crippen LogP contribution in [0.3, 0.4) is 0 Å². The second-order valence-corrected chi connectivity index (χ2v) is 10.4. The van der Waals surface area contributed by atoms with Gasteiger partial charge in [0.05, 0.1) is 28.6 Å². The first-order valence-corrected chi connectivity index (χ1v) is 13.3. The number of anilines is 1. The SMILES string of the molecule is CCNc1nc2cccc(C(=O)OCOC(=O)C(C)(C)C)c2n1Cc1ccc(-c2ccccc2-c2nnn[nH]2)cc1. The molecule has 0 radical (unpaired) electrons. The average molecular weight is 554 g/mol. The summed E-state index contributed by atoms with van der Waals surface area (Å²) in [7, 11) is 0. The zero-order valence-corrected chi connectivity index (χ0v) is 23.3. The number of aromatic nitrogens is 6. The second kappa shape index (κ2) is 11.6. The van der Waals surface area contributed by atoms with E-state index in [2.05, 4.69) is 25.9 Å². The summed E-state index contributed by atoms with van der Waals surface area (Å²) in [6.07, 6.45) is 0. The van der Waals surface area contributed by atoms with Crippen LogP contribution >= 0.6 is 0 Å². The Morgan fingerprint density at radius 3 is 2.39 bits per heavy atom. The van der Waals surface area contributed by atoms with Gasteiger partial charge in [0.2, 0.25) is 12.7 Å². The van der Waals surface area contributed by atoms with E-state index < -0.39 is 24.1 Å². The lowest BCUT2D eigenvalue weighted by Crippen LogP contribution is -2.24. The summed E-state index contributed by atoms with van der Waals surface area (Å²) in [5.41, 5.74) is 4.82. The fraction of sp³-hybridized carbons (Fsp3) is 0.267. The van der Waals surface area contributed by atoms with Gasteiger partial charge in [0.15, 0.2) is 5.82 Å². The minimum Gasteiger partial charge on any atom is -0.427 e. The van der Waals surface area contributed by atoms with E-state index in [1.165, 1.54) is 0 Å². The number of para-hydroxylation sites is 1. The molecule has 210 valence electrons. The van der Waals surface area contributed by atoms with Gasteiger partial charge in [-0.05, 0) is 66.9 Å². The van der Waals surface area contributed by atoms with Crippen molar-refractivity contribution >= 4 is 28.9 Å². The van der Waals surface area contributed by atoms with E-state index in [0.29, 0.717) is 41.5 Å². The van der Waals surface area contributed by atoms with Gasteiger partial charge in [0.25, 0.3) is 0 Å². The molecule has 0 bridgehead atoms. The molecule has 0 saturated carbocycles. The van der Waals surface area contributed by atoms with Crippen LogP contribution in [0.5, 0.6) is 0 Å². The predicted octanol–water partition coefficient (Wildman–Crippen LogP) is 5.07. The van der Waals surface area contributed by atoms with Gasteiger partial charge < -0.3 is 19.4 Å². The Hall–Kier alpha value is -5.06. The van der Waals surface area contributed by atoms with Crippen molar-refractivity contribution < 1.29 is 19.1 Å². The molecule has 0 amide bonds. The van der Waals surface area contributed by atoms with Crippen LogP contribution in [0.2, 0.25) is 0 Å². The van der Waals surface area contributed by atoms with E-state index in [4.69, 9.17) is 14.5 Å². The highest BCUT2D eigenvalue weighted by Gasteiger charge is 2.24. The number of nitrogens with zero attached hydrogens (tertiary/aromatic N) is 5. The molecule has 11 nitrogen and oxygen atoms in total. The van der Waals surface area contributed by atoms with Crippen molar-refractivity contribution in [3.63, 3.8) is 0 Å². The third-order valence-corrected chi connectivity index (χ3v) is 6.45. The number of aromatic amines is 1. The lowest BCUT2D eigenvalue weighted by Gasteiger charge is -2.16. The molecule has 5 rings (SSSR count). The van der Waals surface area contributed by atoms with Gasteiger partial charge >= 0.3 is 11.9 Å². The van der Waals surface area contributed by atoms with E-state index in [-0.39, 0.29) is 0 Å². The van der Waals surface area contributed by atoms with Crippen molar-refractivity contribution in [1.82, 2.24) is 30.2 Å². The summed E-state index contributed by atoms with van der Waals surface area (Å²) < 4.78 is 12.4. The normalized spacial score (nSPS) is 11.4. The Morgan fingerprint density at radius 2 is 1.71 bits per heavy atom. The summed E-state index contributed by atoms with van der Waals surface area (Å²) in [5.74, 6) is 0.175. The maximum absolute atomic E-state index is 13.1. The number of benzene rings is 3. The monoisotopic (exact) mass is 553 g/mol. The van der Waals surface area contributed by atoms with Crippen molar-refractivity contribution in [3.05, 3.63) is 77.9 Å². The second-order valence-electron chi connectivity index (χ2n) is 10.4. The number of nitrogens with one attached hydrogen (secondary N) is 2. The van der Waals surface area contributed by atoms with Crippen LogP contribution in [0.1, 0.15) is 43.6 Å². The molecule has 5 aromatic rings. The molecule has 11 heteroatoms. The highest BCUT2D eigenvalue weighted by molar-refractivity contribution is 6.03. The van der Waals surface area contributed by atoms with Crippen molar-refractivity contribution in [3.8, 4) is 22.5 Å². The van der Waals surface area contributed by atoms with Gasteiger partial charge in [-0.3, -0.25) is 4.79 Å². The standard InChI is InChI=1S/C30H31N7O4/c1-5-31-29-32-24-12-8-11-23(27(38)40-18-41-28(39)30(2,3)4)25(24)37(29)17-19-13-15-20(16-14-19)21-9-6-7-10-22(21)26-33-35-36-34-26/h6-16H,5,17-18H2,1-4H3,(H,31,32)(H,33,34,35,36). The van der Waals surface area contributed by atoms with Crippen LogP contribution in [-0.2, 0) is 20.8 Å². The number of carbonyl (C=O) groups excluding carboxylic acids is 2. The molecular formula is C30H31N7O4. The van der Waals surface area contributed by atoms with E-state index in [0.717, 1.165) is 22.3 Å². The number of ether oxygens (including phenoxy) is 2. The van der Waals surface area contributed by atoms with E-state index in [1.807, 2.05) is 66.1 Å². The van der Waals surface area contributed by atoms with E-state index in [9.17, 15) is 9.59 Å². The number of imidazole rings is 1. The number of rotatable bonds is 9. The van der Waals surface area contributed by atoms with Crippen molar-refractivity contribution in [2.45, 2.75) is 34.2 Å². The Labute approximate surface area is 236 Å². The molecule has 0 unspecified atom stereocenters. The lowest BCUT2D eigenvalue weighted by molar-refractivity contribution is -0.161. The van der Waals surface area contributed by atoms with Crippen molar-refractivity contribution in [1.29, 1.82) is 0 Å². The van der Waals surface area contributed by atoms with Crippen LogP contribution in [-0.4, -0.2) is 55.5 Å². The highest BCUT2D eigenvalue weighted by Crippen LogP contribution is 2.31. The van der Waals surface area contributed by atoms with E-state index >= 15 is 0 Å². The van der Waals surface area contributed by atoms with Crippen molar-refractivity contribution in [2.75, 3.05) is 18.7 Å². The minimum absolute atomic E-state index is 0.331. The number of fused-ring (bicyclic) bond motifs is 1. The number of esters is 2. The molecule has 0 fully saturated rings. The summed E-state index contributed by atoms with van der Waals surface area (Å²) in [5, 5.41) is 17.6. The van der Waals surface area contributed by atoms with E-state index in [1.54, 1.807) is 32.9 Å². The Balaban J connectivity index is 1.43. The maximum Gasteiger partial charge on any atom is 0.343 e. The molecule has 2 aromatic heterocycles. The first-order valence-electron chi connectivity index (χ1n) is 13.3. The number of H-pyrrole nitrogens is 1. The van der Waals surface area contributed by atoms with Crippen molar-refractivity contribution in [2.24, 2.45) is 5.41 Å². The molecular weight excluding hydrogens is 522 g/mol. The average Bonchev–Trinajstić information content (AvgIpc) is 3.62. The zero-order valence-electron chi connectivity index (χ0n) is 23.3. The van der Waals surface area contributed by atoms with Gasteiger partial charge in [-0.1, -0.05) is 54.6 Å². The maximum atomic E-state index is 13.1.